The summed E-state index contributed by atoms with van der Waals surface area (Å²) < 4.78 is 38.5. The Bertz CT molecular complexity index is 1260. The zero-order valence-corrected chi connectivity index (χ0v) is 16.9. The summed E-state index contributed by atoms with van der Waals surface area (Å²) in [5.74, 6) is 0.288. The Balaban J connectivity index is 1.71. The number of imidazole rings is 1. The summed E-state index contributed by atoms with van der Waals surface area (Å²) >= 11 is 0. The Kier molecular flexibility index (Phi) is 6.49. The van der Waals surface area contributed by atoms with E-state index in [1.54, 1.807) is 25.1 Å². The van der Waals surface area contributed by atoms with Crippen molar-refractivity contribution in [2.45, 2.75) is 19.5 Å². The van der Waals surface area contributed by atoms with Gasteiger partial charge in [-0.2, -0.15) is 18.4 Å². The van der Waals surface area contributed by atoms with Crippen LogP contribution in [0.2, 0.25) is 0 Å². The minimum absolute atomic E-state index is 0.188. The lowest BCUT2D eigenvalue weighted by molar-refractivity contribution is -0.137. The van der Waals surface area contributed by atoms with Gasteiger partial charge in [-0.3, -0.25) is 4.79 Å². The first-order chi connectivity index (χ1) is 15.2. The smallest absolute Gasteiger partial charge is 0.340 e. The number of nitriles is 1. The number of aromatic nitrogens is 4. The molecule has 0 atom stereocenters. The molecule has 10 heteroatoms. The van der Waals surface area contributed by atoms with E-state index in [1.165, 1.54) is 18.3 Å². The number of halogens is 3. The first kappa shape index (κ1) is 22.4. The number of carbonyl (C=O) groups excluding carboxylic acids is 1. The molecule has 3 aromatic rings. The molecule has 0 aromatic carbocycles. The van der Waals surface area contributed by atoms with E-state index in [9.17, 15) is 18.0 Å². The van der Waals surface area contributed by atoms with Crippen LogP contribution in [0.3, 0.4) is 0 Å². The molecule has 162 valence electrons. The van der Waals surface area contributed by atoms with Gasteiger partial charge >= 0.3 is 6.18 Å². The topological polar surface area (TPSA) is 107 Å². The number of carbonyl (C=O) groups is 1. The van der Waals surface area contributed by atoms with Gasteiger partial charge in [0.2, 0.25) is 0 Å². The SMILES string of the molecule is C=C/C(C#N)=C\C(=C/C)C(=O)Nc1ccc(Cc2nc3ncc(C(F)(F)F)cc3[nH]2)cn1. The molecule has 0 radical (unpaired) electrons. The molecule has 0 aliphatic rings. The quantitative estimate of drug-likeness (QED) is 0.335. The van der Waals surface area contributed by atoms with Gasteiger partial charge in [-0.05, 0) is 30.7 Å². The summed E-state index contributed by atoms with van der Waals surface area (Å²) in [7, 11) is 0. The average Bonchev–Trinajstić information content (AvgIpc) is 3.17. The van der Waals surface area contributed by atoms with Gasteiger partial charge in [0, 0.05) is 24.4 Å². The van der Waals surface area contributed by atoms with Crippen molar-refractivity contribution in [3.05, 3.63) is 83.5 Å². The van der Waals surface area contributed by atoms with Crippen molar-refractivity contribution in [2.24, 2.45) is 0 Å². The predicted molar refractivity (Wildman–Crippen MR) is 112 cm³/mol. The monoisotopic (exact) mass is 438 g/mol. The minimum Gasteiger partial charge on any atom is -0.340 e. The second kappa shape index (κ2) is 9.26. The number of alkyl halides is 3. The van der Waals surface area contributed by atoms with Crippen molar-refractivity contribution in [3.63, 3.8) is 0 Å². The van der Waals surface area contributed by atoms with Crippen molar-refractivity contribution < 1.29 is 18.0 Å². The highest BCUT2D eigenvalue weighted by Gasteiger charge is 2.31. The standard InChI is InChI=1S/C22H17F3N6O/c1-3-13(10-26)7-15(4-2)21(32)31-18-6-5-14(11-27-18)8-19-29-17-9-16(22(23,24)25)12-28-20(17)30-19/h3-7,9,11-12H,1,8H2,2H3,(H,27,31,32)(H,28,29,30)/b13-7+,15-4+. The lowest BCUT2D eigenvalue weighted by atomic mass is 10.1. The number of H-pyrrole nitrogens is 1. The Labute approximate surface area is 181 Å². The summed E-state index contributed by atoms with van der Waals surface area (Å²) in [6.45, 7) is 5.18. The van der Waals surface area contributed by atoms with Crippen LogP contribution in [-0.2, 0) is 17.4 Å². The first-order valence-corrected chi connectivity index (χ1v) is 9.32. The second-order valence-corrected chi connectivity index (χ2v) is 6.62. The molecule has 2 N–H and O–H groups in total. The molecule has 3 aromatic heterocycles. The Morgan fingerprint density at radius 3 is 2.69 bits per heavy atom. The fraction of sp³-hybridized carbons (Fsp3) is 0.136. The number of pyridine rings is 2. The van der Waals surface area contributed by atoms with E-state index in [4.69, 9.17) is 5.26 Å². The zero-order valence-electron chi connectivity index (χ0n) is 16.9. The number of allylic oxidation sites excluding steroid dienone is 3. The van der Waals surface area contributed by atoms with E-state index in [1.807, 2.05) is 6.07 Å². The van der Waals surface area contributed by atoms with Crippen LogP contribution < -0.4 is 5.32 Å². The third-order valence-electron chi connectivity index (χ3n) is 4.38. The number of aromatic amines is 1. The molecule has 0 aliphatic heterocycles. The van der Waals surface area contributed by atoms with Crippen molar-refractivity contribution in [1.29, 1.82) is 5.26 Å². The summed E-state index contributed by atoms with van der Waals surface area (Å²) in [5, 5.41) is 11.6. The van der Waals surface area contributed by atoms with E-state index < -0.39 is 17.6 Å². The minimum atomic E-state index is -4.48. The summed E-state index contributed by atoms with van der Waals surface area (Å²) in [6.07, 6.45) is 2.39. The van der Waals surface area contributed by atoms with Crippen LogP contribution >= 0.6 is 0 Å². The van der Waals surface area contributed by atoms with Gasteiger partial charge in [0.25, 0.3) is 5.91 Å². The highest BCUT2D eigenvalue weighted by atomic mass is 19.4. The van der Waals surface area contributed by atoms with Crippen molar-refractivity contribution in [2.75, 3.05) is 5.32 Å². The molecule has 0 unspecified atom stereocenters. The Morgan fingerprint density at radius 2 is 2.09 bits per heavy atom. The molecule has 3 rings (SSSR count). The van der Waals surface area contributed by atoms with Gasteiger partial charge in [0.05, 0.1) is 22.7 Å². The number of fused-ring (bicyclic) bond motifs is 1. The van der Waals surface area contributed by atoms with E-state index >= 15 is 0 Å². The highest BCUT2D eigenvalue weighted by molar-refractivity contribution is 6.05. The maximum atomic E-state index is 12.8. The molecular formula is C22H17F3N6O. The number of amides is 1. The number of hydrogen-bond donors (Lipinski definition) is 2. The van der Waals surface area contributed by atoms with E-state index in [0.29, 0.717) is 11.6 Å². The second-order valence-electron chi connectivity index (χ2n) is 6.62. The molecule has 0 bridgehead atoms. The summed E-state index contributed by atoms with van der Waals surface area (Å²) in [4.78, 5) is 27.3. The van der Waals surface area contributed by atoms with Crippen molar-refractivity contribution in [3.8, 4) is 6.07 Å². The van der Waals surface area contributed by atoms with Crippen LogP contribution in [-0.4, -0.2) is 25.8 Å². The van der Waals surface area contributed by atoms with Gasteiger partial charge in [-0.15, -0.1) is 0 Å². The molecule has 0 fully saturated rings. The van der Waals surface area contributed by atoms with Crippen molar-refractivity contribution >= 4 is 22.9 Å². The number of anilines is 1. The lowest BCUT2D eigenvalue weighted by Gasteiger charge is -2.06. The maximum absolute atomic E-state index is 12.8. The number of nitrogens with zero attached hydrogens (tertiary/aromatic N) is 4. The van der Waals surface area contributed by atoms with Gasteiger partial charge < -0.3 is 10.3 Å². The van der Waals surface area contributed by atoms with Gasteiger partial charge in [0.1, 0.15) is 11.6 Å². The van der Waals surface area contributed by atoms with Crippen LogP contribution in [0.5, 0.6) is 0 Å². The van der Waals surface area contributed by atoms with Gasteiger partial charge in [-0.1, -0.05) is 24.8 Å². The molecule has 0 saturated carbocycles. The zero-order chi connectivity index (χ0) is 23.3. The van der Waals surface area contributed by atoms with Crippen LogP contribution in [0, 0.1) is 11.3 Å². The molecule has 3 heterocycles. The lowest BCUT2D eigenvalue weighted by Crippen LogP contribution is -2.14. The van der Waals surface area contributed by atoms with Crippen LogP contribution in [0.1, 0.15) is 23.9 Å². The molecular weight excluding hydrogens is 421 g/mol. The summed E-state index contributed by atoms with van der Waals surface area (Å²) in [5.41, 5.74) is 0.775. The fourth-order valence-corrected chi connectivity index (χ4v) is 2.76. The predicted octanol–water partition coefficient (Wildman–Crippen LogP) is 4.48. The van der Waals surface area contributed by atoms with Crippen molar-refractivity contribution in [1.82, 2.24) is 19.9 Å². The van der Waals surface area contributed by atoms with Crippen LogP contribution in [0.4, 0.5) is 19.0 Å². The normalized spacial score (nSPS) is 12.5. The third-order valence-corrected chi connectivity index (χ3v) is 4.38. The Hall–Kier alpha value is -4.26. The Morgan fingerprint density at radius 1 is 1.31 bits per heavy atom. The molecule has 0 spiro atoms. The maximum Gasteiger partial charge on any atom is 0.417 e. The molecule has 32 heavy (non-hydrogen) atoms. The number of rotatable bonds is 6. The average molecular weight is 438 g/mol. The van der Waals surface area contributed by atoms with E-state index in [-0.39, 0.29) is 28.7 Å². The van der Waals surface area contributed by atoms with Crippen LogP contribution in [0.15, 0.2) is 66.5 Å². The summed E-state index contributed by atoms with van der Waals surface area (Å²) in [6, 6.07) is 6.19. The van der Waals surface area contributed by atoms with E-state index in [0.717, 1.165) is 17.8 Å². The number of hydrogen-bond acceptors (Lipinski definition) is 5. The first-order valence-electron chi connectivity index (χ1n) is 9.32. The third kappa shape index (κ3) is 5.26. The molecule has 7 nitrogen and oxygen atoms in total. The fourth-order valence-electron chi connectivity index (χ4n) is 2.76. The molecule has 0 saturated heterocycles. The van der Waals surface area contributed by atoms with Gasteiger partial charge in [0.15, 0.2) is 5.65 Å². The molecule has 1 amide bonds. The number of nitrogens with one attached hydrogen (secondary N) is 2. The largest absolute Gasteiger partial charge is 0.417 e. The molecule has 0 aliphatic carbocycles. The van der Waals surface area contributed by atoms with E-state index in [2.05, 4.69) is 31.8 Å². The van der Waals surface area contributed by atoms with Crippen LogP contribution in [0.25, 0.3) is 11.2 Å². The highest BCUT2D eigenvalue weighted by Crippen LogP contribution is 2.30. The van der Waals surface area contributed by atoms with Gasteiger partial charge in [-0.25, -0.2) is 15.0 Å².